The molecule has 1 aromatic heterocycles. The third kappa shape index (κ3) is 2.88. The van der Waals surface area contributed by atoms with Crippen LogP contribution in [0.1, 0.15) is 12.0 Å². The second-order valence-electron chi connectivity index (χ2n) is 4.76. The van der Waals surface area contributed by atoms with Crippen molar-refractivity contribution in [3.63, 3.8) is 0 Å². The monoisotopic (exact) mass is 382 g/mol. The molecule has 0 N–H and O–H groups in total. The summed E-state index contributed by atoms with van der Waals surface area (Å²) in [6, 6.07) is 7.38. The summed E-state index contributed by atoms with van der Waals surface area (Å²) >= 11 is 3.35. The zero-order chi connectivity index (χ0) is 16.6. The lowest BCUT2D eigenvalue weighted by molar-refractivity contribution is 0.146. The molecule has 23 heavy (non-hydrogen) atoms. The van der Waals surface area contributed by atoms with Crippen LogP contribution < -0.4 is 4.74 Å². The number of hydrogen-bond acceptors (Lipinski definition) is 3. The van der Waals surface area contributed by atoms with Crippen molar-refractivity contribution in [3.05, 3.63) is 52.5 Å². The largest absolute Gasteiger partial charge is 0.496 e. The number of fused-ring (bicyclic) bond motifs is 1. The number of ether oxygens (including phenoxy) is 1. The molecule has 7 heteroatoms. The van der Waals surface area contributed by atoms with Gasteiger partial charge in [-0.15, -0.1) is 0 Å². The van der Waals surface area contributed by atoms with Gasteiger partial charge in [0.15, 0.2) is 0 Å². The van der Waals surface area contributed by atoms with E-state index in [0.717, 1.165) is 16.6 Å². The van der Waals surface area contributed by atoms with Crippen molar-refractivity contribution in [2.45, 2.75) is 6.43 Å². The topological polar surface area (TPSA) is 35.0 Å². The van der Waals surface area contributed by atoms with Gasteiger partial charge in [0.1, 0.15) is 17.9 Å². The third-order valence-corrected chi connectivity index (χ3v) is 3.90. The highest BCUT2D eigenvalue weighted by Gasteiger charge is 2.20. The Bertz CT molecular complexity index is 887. The van der Waals surface area contributed by atoms with Gasteiger partial charge in [0, 0.05) is 15.4 Å². The lowest BCUT2D eigenvalue weighted by Crippen LogP contribution is -1.98. The minimum absolute atomic E-state index is 0.129. The first-order chi connectivity index (χ1) is 11.0. The molecular weight excluding hydrogens is 373 g/mol. The maximum atomic E-state index is 14.0. The number of methoxy groups -OCH3 is 1. The number of alkyl halides is 2. The molecule has 0 unspecified atom stereocenters. The first-order valence-electron chi connectivity index (χ1n) is 6.57. The Kier molecular flexibility index (Phi) is 4.21. The van der Waals surface area contributed by atoms with Crippen molar-refractivity contribution in [1.29, 1.82) is 0 Å². The molecule has 0 radical (unpaired) electrons. The van der Waals surface area contributed by atoms with Crippen LogP contribution in [-0.4, -0.2) is 17.1 Å². The van der Waals surface area contributed by atoms with Gasteiger partial charge in [-0.1, -0.05) is 15.9 Å². The zero-order valence-electron chi connectivity index (χ0n) is 11.9. The van der Waals surface area contributed by atoms with Crippen molar-refractivity contribution in [2.75, 3.05) is 7.11 Å². The molecule has 0 aliphatic rings. The molecule has 3 rings (SSSR count). The molecule has 118 valence electrons. The van der Waals surface area contributed by atoms with Gasteiger partial charge < -0.3 is 4.74 Å². The Balaban J connectivity index is 2.28. The van der Waals surface area contributed by atoms with Crippen LogP contribution in [-0.2, 0) is 0 Å². The van der Waals surface area contributed by atoms with E-state index in [1.807, 2.05) is 0 Å². The van der Waals surface area contributed by atoms with E-state index in [1.54, 1.807) is 18.2 Å². The second kappa shape index (κ2) is 6.16. The Labute approximate surface area is 138 Å². The Morgan fingerprint density at radius 1 is 1.13 bits per heavy atom. The molecule has 3 aromatic rings. The number of aromatic nitrogens is 2. The molecule has 0 bridgehead atoms. The summed E-state index contributed by atoms with van der Waals surface area (Å²) in [5, 5.41) is 0.665. The van der Waals surface area contributed by atoms with E-state index >= 15 is 0 Å². The van der Waals surface area contributed by atoms with E-state index in [4.69, 9.17) is 4.74 Å². The van der Waals surface area contributed by atoms with Gasteiger partial charge in [0.2, 0.25) is 0 Å². The molecule has 0 aliphatic carbocycles. The van der Waals surface area contributed by atoms with Crippen molar-refractivity contribution in [3.8, 4) is 17.0 Å². The van der Waals surface area contributed by atoms with Gasteiger partial charge in [0.25, 0.3) is 6.43 Å². The number of rotatable bonds is 3. The minimum atomic E-state index is -2.92. The summed E-state index contributed by atoms with van der Waals surface area (Å²) in [5.74, 6) is -0.871. The summed E-state index contributed by atoms with van der Waals surface area (Å²) in [5.41, 5.74) is 0.652. The van der Waals surface area contributed by atoms with Gasteiger partial charge in [-0.2, -0.15) is 0 Å². The van der Waals surface area contributed by atoms with Crippen LogP contribution in [0.5, 0.6) is 5.75 Å². The van der Waals surface area contributed by atoms with Gasteiger partial charge >= 0.3 is 0 Å². The normalized spacial score (nSPS) is 11.2. The molecule has 3 nitrogen and oxygen atoms in total. The molecule has 0 aliphatic heterocycles. The van der Waals surface area contributed by atoms with E-state index in [9.17, 15) is 13.2 Å². The summed E-state index contributed by atoms with van der Waals surface area (Å²) < 4.78 is 45.7. The SMILES string of the molecule is COc1cc(C(F)F)c(F)cc1-c1ncnc2cc(Br)ccc12. The molecule has 0 saturated carbocycles. The van der Waals surface area contributed by atoms with E-state index < -0.39 is 17.8 Å². The molecule has 0 atom stereocenters. The second-order valence-corrected chi connectivity index (χ2v) is 5.67. The third-order valence-electron chi connectivity index (χ3n) is 3.41. The van der Waals surface area contributed by atoms with Gasteiger partial charge in [0.05, 0.1) is 23.9 Å². The first-order valence-corrected chi connectivity index (χ1v) is 7.36. The lowest BCUT2D eigenvalue weighted by Gasteiger charge is -2.13. The van der Waals surface area contributed by atoms with E-state index in [2.05, 4.69) is 25.9 Å². The molecule has 1 heterocycles. The maximum absolute atomic E-state index is 14.0. The van der Waals surface area contributed by atoms with Crippen molar-refractivity contribution < 1.29 is 17.9 Å². The van der Waals surface area contributed by atoms with Crippen LogP contribution >= 0.6 is 15.9 Å². The van der Waals surface area contributed by atoms with Crippen LogP contribution in [0.3, 0.4) is 0 Å². The van der Waals surface area contributed by atoms with Crippen molar-refractivity contribution in [1.82, 2.24) is 9.97 Å². The summed E-state index contributed by atoms with van der Waals surface area (Å²) in [4.78, 5) is 8.33. The molecule has 0 fully saturated rings. The molecule has 0 amide bonds. The lowest BCUT2D eigenvalue weighted by atomic mass is 10.0. The predicted octanol–water partition coefficient (Wildman–Crippen LogP) is 5.14. The fourth-order valence-corrected chi connectivity index (χ4v) is 2.68. The molecular formula is C16H10BrF3N2O. The Morgan fingerprint density at radius 2 is 1.91 bits per heavy atom. The average Bonchev–Trinajstić information content (AvgIpc) is 2.53. The fourth-order valence-electron chi connectivity index (χ4n) is 2.34. The van der Waals surface area contributed by atoms with E-state index in [1.165, 1.54) is 13.4 Å². The van der Waals surface area contributed by atoms with Crippen LogP contribution in [0.4, 0.5) is 13.2 Å². The molecule has 2 aromatic carbocycles. The number of halogens is 4. The predicted molar refractivity (Wildman–Crippen MR) is 84.1 cm³/mol. The standard InChI is InChI=1S/C16H10BrF3N2O/c1-23-14-6-10(16(19)20)12(18)5-11(14)15-9-3-2-8(17)4-13(9)21-7-22-15/h2-7,16H,1H3. The van der Waals surface area contributed by atoms with Crippen molar-refractivity contribution in [2.24, 2.45) is 0 Å². The molecule has 0 spiro atoms. The maximum Gasteiger partial charge on any atom is 0.266 e. The summed E-state index contributed by atoms with van der Waals surface area (Å²) in [7, 11) is 1.34. The van der Waals surface area contributed by atoms with Gasteiger partial charge in [-0.25, -0.2) is 23.1 Å². The van der Waals surface area contributed by atoms with Gasteiger partial charge in [-0.3, -0.25) is 0 Å². The number of benzene rings is 2. The smallest absolute Gasteiger partial charge is 0.266 e. The zero-order valence-corrected chi connectivity index (χ0v) is 13.4. The highest BCUT2D eigenvalue weighted by atomic mass is 79.9. The Hall–Kier alpha value is -2.15. The average molecular weight is 383 g/mol. The van der Waals surface area contributed by atoms with E-state index in [-0.39, 0.29) is 5.75 Å². The number of hydrogen-bond donors (Lipinski definition) is 0. The quantitative estimate of drug-likeness (QED) is 0.628. The summed E-state index contributed by atoms with van der Waals surface area (Å²) in [6.45, 7) is 0. The highest BCUT2D eigenvalue weighted by Crippen LogP contribution is 2.37. The van der Waals surface area contributed by atoms with Crippen LogP contribution in [0, 0.1) is 5.82 Å². The Morgan fingerprint density at radius 3 is 2.61 bits per heavy atom. The van der Waals surface area contributed by atoms with Crippen LogP contribution in [0.2, 0.25) is 0 Å². The van der Waals surface area contributed by atoms with Crippen LogP contribution in [0.25, 0.3) is 22.2 Å². The summed E-state index contributed by atoms with van der Waals surface area (Å²) in [6.07, 6.45) is -1.58. The van der Waals surface area contributed by atoms with Crippen LogP contribution in [0.15, 0.2) is 41.1 Å². The van der Waals surface area contributed by atoms with E-state index in [0.29, 0.717) is 22.2 Å². The van der Waals surface area contributed by atoms with Gasteiger partial charge in [-0.05, 0) is 30.3 Å². The fraction of sp³-hybridized carbons (Fsp3) is 0.125. The highest BCUT2D eigenvalue weighted by molar-refractivity contribution is 9.10. The number of nitrogens with zero attached hydrogens (tertiary/aromatic N) is 2. The first kappa shape index (κ1) is 15.7. The van der Waals surface area contributed by atoms with Crippen molar-refractivity contribution >= 4 is 26.8 Å². The molecule has 0 saturated heterocycles. The minimum Gasteiger partial charge on any atom is -0.496 e.